The number of benzene rings is 1. The van der Waals surface area contributed by atoms with Gasteiger partial charge in [-0.25, -0.2) is 9.97 Å². The highest BCUT2D eigenvalue weighted by Gasteiger charge is 2.04. The van der Waals surface area contributed by atoms with Crippen molar-refractivity contribution in [2.45, 2.75) is 26.2 Å². The van der Waals surface area contributed by atoms with Gasteiger partial charge in [-0.2, -0.15) is 0 Å². The SMILES string of the molecule is CC(C)c1ccc(-c2nccc(CCN)n2)cc1. The molecule has 0 amide bonds. The molecule has 2 aromatic rings. The van der Waals surface area contributed by atoms with Gasteiger partial charge in [0.2, 0.25) is 0 Å². The van der Waals surface area contributed by atoms with Crippen molar-refractivity contribution in [3.8, 4) is 11.4 Å². The lowest BCUT2D eigenvalue weighted by Crippen LogP contribution is -2.05. The summed E-state index contributed by atoms with van der Waals surface area (Å²) in [6, 6.07) is 10.4. The summed E-state index contributed by atoms with van der Waals surface area (Å²) in [5.41, 5.74) is 8.92. The molecule has 1 heterocycles. The fourth-order valence-electron chi connectivity index (χ4n) is 1.84. The molecule has 0 spiro atoms. The lowest BCUT2D eigenvalue weighted by molar-refractivity contribution is 0.866. The molecule has 1 aromatic heterocycles. The van der Waals surface area contributed by atoms with E-state index < -0.39 is 0 Å². The van der Waals surface area contributed by atoms with Crippen molar-refractivity contribution in [3.63, 3.8) is 0 Å². The van der Waals surface area contributed by atoms with Crippen LogP contribution in [0.25, 0.3) is 11.4 Å². The average molecular weight is 241 g/mol. The Bertz CT molecular complexity index is 503. The molecule has 0 radical (unpaired) electrons. The Balaban J connectivity index is 2.27. The van der Waals surface area contributed by atoms with Gasteiger partial charge in [0.05, 0.1) is 0 Å². The third kappa shape index (κ3) is 2.93. The van der Waals surface area contributed by atoms with Crippen molar-refractivity contribution in [2.24, 2.45) is 5.73 Å². The highest BCUT2D eigenvalue weighted by molar-refractivity contribution is 5.55. The standard InChI is InChI=1S/C15H19N3/c1-11(2)12-3-5-13(6-4-12)15-17-10-8-14(18-15)7-9-16/h3-6,8,10-11H,7,9,16H2,1-2H3. The number of aromatic nitrogens is 2. The quantitative estimate of drug-likeness (QED) is 0.895. The Morgan fingerprint density at radius 3 is 2.44 bits per heavy atom. The Kier molecular flexibility index (Phi) is 4.05. The molecule has 3 nitrogen and oxygen atoms in total. The first-order chi connectivity index (χ1) is 8.70. The summed E-state index contributed by atoms with van der Waals surface area (Å²) in [5.74, 6) is 1.32. The smallest absolute Gasteiger partial charge is 0.159 e. The van der Waals surface area contributed by atoms with E-state index in [4.69, 9.17) is 5.73 Å². The van der Waals surface area contributed by atoms with Crippen molar-refractivity contribution in [2.75, 3.05) is 6.54 Å². The molecule has 0 aliphatic heterocycles. The van der Waals surface area contributed by atoms with Crippen LogP contribution in [-0.2, 0) is 6.42 Å². The number of rotatable bonds is 4. The third-order valence-corrected chi connectivity index (χ3v) is 2.95. The van der Waals surface area contributed by atoms with Crippen molar-refractivity contribution in [1.82, 2.24) is 9.97 Å². The summed E-state index contributed by atoms with van der Waals surface area (Å²) in [4.78, 5) is 8.83. The van der Waals surface area contributed by atoms with Gasteiger partial charge in [-0.15, -0.1) is 0 Å². The zero-order valence-corrected chi connectivity index (χ0v) is 10.9. The van der Waals surface area contributed by atoms with Gasteiger partial charge in [0.15, 0.2) is 5.82 Å². The van der Waals surface area contributed by atoms with Crippen LogP contribution >= 0.6 is 0 Å². The first-order valence-electron chi connectivity index (χ1n) is 6.33. The number of hydrogen-bond donors (Lipinski definition) is 1. The van der Waals surface area contributed by atoms with Gasteiger partial charge in [0, 0.05) is 23.9 Å². The van der Waals surface area contributed by atoms with E-state index in [9.17, 15) is 0 Å². The molecule has 18 heavy (non-hydrogen) atoms. The molecule has 0 aliphatic carbocycles. The Morgan fingerprint density at radius 1 is 1.11 bits per heavy atom. The van der Waals surface area contributed by atoms with Gasteiger partial charge in [-0.05, 0) is 24.1 Å². The van der Waals surface area contributed by atoms with Gasteiger partial charge in [0.1, 0.15) is 0 Å². The predicted molar refractivity (Wildman–Crippen MR) is 74.3 cm³/mol. The molecule has 3 heteroatoms. The van der Waals surface area contributed by atoms with E-state index >= 15 is 0 Å². The first kappa shape index (κ1) is 12.7. The summed E-state index contributed by atoms with van der Waals surface area (Å²) < 4.78 is 0. The van der Waals surface area contributed by atoms with Gasteiger partial charge in [-0.3, -0.25) is 0 Å². The number of nitrogens with zero attached hydrogens (tertiary/aromatic N) is 2. The molecule has 0 fully saturated rings. The molecule has 0 saturated carbocycles. The van der Waals surface area contributed by atoms with Gasteiger partial charge in [-0.1, -0.05) is 38.1 Å². The maximum absolute atomic E-state index is 5.54. The fourth-order valence-corrected chi connectivity index (χ4v) is 1.84. The fraction of sp³-hybridized carbons (Fsp3) is 0.333. The molecule has 2 N–H and O–H groups in total. The summed E-state index contributed by atoms with van der Waals surface area (Å²) >= 11 is 0. The maximum Gasteiger partial charge on any atom is 0.159 e. The summed E-state index contributed by atoms with van der Waals surface area (Å²) in [5, 5.41) is 0. The minimum absolute atomic E-state index is 0.545. The molecule has 0 atom stereocenters. The lowest BCUT2D eigenvalue weighted by Gasteiger charge is -2.07. The van der Waals surface area contributed by atoms with Crippen molar-refractivity contribution < 1.29 is 0 Å². The monoisotopic (exact) mass is 241 g/mol. The summed E-state index contributed by atoms with van der Waals surface area (Å²) in [6.07, 6.45) is 2.59. The van der Waals surface area contributed by atoms with Crippen LogP contribution in [0.4, 0.5) is 0 Å². The summed E-state index contributed by atoms with van der Waals surface area (Å²) in [7, 11) is 0. The van der Waals surface area contributed by atoms with Crippen LogP contribution < -0.4 is 5.73 Å². The summed E-state index contributed by atoms with van der Waals surface area (Å²) in [6.45, 7) is 4.99. The van der Waals surface area contributed by atoms with E-state index in [1.165, 1.54) is 5.56 Å². The first-order valence-corrected chi connectivity index (χ1v) is 6.33. The lowest BCUT2D eigenvalue weighted by atomic mass is 10.0. The number of hydrogen-bond acceptors (Lipinski definition) is 3. The largest absolute Gasteiger partial charge is 0.330 e. The van der Waals surface area contributed by atoms with Crippen molar-refractivity contribution >= 4 is 0 Å². The predicted octanol–water partition coefficient (Wildman–Crippen LogP) is 2.77. The van der Waals surface area contributed by atoms with E-state index in [1.807, 2.05) is 6.07 Å². The normalized spacial score (nSPS) is 10.9. The second-order valence-electron chi connectivity index (χ2n) is 4.69. The van der Waals surface area contributed by atoms with Crippen LogP contribution in [0.3, 0.4) is 0 Å². The average Bonchev–Trinajstić information content (AvgIpc) is 2.39. The zero-order valence-electron chi connectivity index (χ0n) is 10.9. The van der Waals surface area contributed by atoms with E-state index in [1.54, 1.807) is 6.20 Å². The van der Waals surface area contributed by atoms with Gasteiger partial charge < -0.3 is 5.73 Å². The third-order valence-electron chi connectivity index (χ3n) is 2.95. The van der Waals surface area contributed by atoms with Crippen LogP contribution in [-0.4, -0.2) is 16.5 Å². The minimum atomic E-state index is 0.545. The van der Waals surface area contributed by atoms with E-state index in [2.05, 4.69) is 48.1 Å². The molecule has 0 saturated heterocycles. The van der Waals surface area contributed by atoms with Gasteiger partial charge in [0.25, 0.3) is 0 Å². The molecule has 1 aromatic carbocycles. The van der Waals surface area contributed by atoms with Crippen LogP contribution in [0, 0.1) is 0 Å². The highest BCUT2D eigenvalue weighted by atomic mass is 14.9. The van der Waals surface area contributed by atoms with E-state index in [-0.39, 0.29) is 0 Å². The molecular weight excluding hydrogens is 222 g/mol. The minimum Gasteiger partial charge on any atom is -0.330 e. The van der Waals surface area contributed by atoms with E-state index in [0.29, 0.717) is 12.5 Å². The van der Waals surface area contributed by atoms with Crippen LogP contribution in [0.15, 0.2) is 36.5 Å². The molecular formula is C15H19N3. The molecule has 0 bridgehead atoms. The molecule has 0 aliphatic rings. The highest BCUT2D eigenvalue weighted by Crippen LogP contribution is 2.19. The topological polar surface area (TPSA) is 51.8 Å². The van der Waals surface area contributed by atoms with Crippen LogP contribution in [0.5, 0.6) is 0 Å². The second-order valence-corrected chi connectivity index (χ2v) is 4.69. The zero-order chi connectivity index (χ0) is 13.0. The van der Waals surface area contributed by atoms with Crippen LogP contribution in [0.2, 0.25) is 0 Å². The van der Waals surface area contributed by atoms with Crippen molar-refractivity contribution in [3.05, 3.63) is 47.8 Å². The van der Waals surface area contributed by atoms with Crippen LogP contribution in [0.1, 0.15) is 31.0 Å². The molecule has 2 rings (SSSR count). The van der Waals surface area contributed by atoms with Crippen molar-refractivity contribution in [1.29, 1.82) is 0 Å². The molecule has 0 unspecified atom stereocenters. The van der Waals surface area contributed by atoms with E-state index in [0.717, 1.165) is 23.5 Å². The van der Waals surface area contributed by atoms with Gasteiger partial charge >= 0.3 is 0 Å². The Labute approximate surface area is 108 Å². The number of nitrogens with two attached hydrogens (primary N) is 1. The Morgan fingerprint density at radius 2 is 1.83 bits per heavy atom. The molecule has 94 valence electrons. The Hall–Kier alpha value is -1.74. The maximum atomic E-state index is 5.54. The second kappa shape index (κ2) is 5.74.